The second-order valence-electron chi connectivity index (χ2n) is 10.9. The first-order chi connectivity index (χ1) is 20.5. The Bertz CT molecular complexity index is 1880. The Hall–Kier alpha value is -3.85. The molecule has 1 atom stereocenters. The Morgan fingerprint density at radius 2 is 2.02 bits per heavy atom. The molecule has 1 aliphatic carbocycles. The van der Waals surface area contributed by atoms with Gasteiger partial charge in [-0.25, -0.2) is 27.2 Å². The van der Waals surface area contributed by atoms with Crippen molar-refractivity contribution in [2.24, 2.45) is 5.92 Å². The molecule has 2 fully saturated rings. The van der Waals surface area contributed by atoms with E-state index in [1.54, 1.807) is 24.8 Å². The van der Waals surface area contributed by atoms with Crippen molar-refractivity contribution in [2.45, 2.75) is 49.6 Å². The number of halogens is 2. The summed E-state index contributed by atoms with van der Waals surface area (Å²) in [5.74, 6) is 0.163. The number of sulfonamides is 1. The highest BCUT2D eigenvalue weighted by Gasteiger charge is 2.47. The minimum Gasteiger partial charge on any atom is -0.394 e. The molecular weight excluding hydrogens is 604 g/mol. The molecule has 1 aliphatic heterocycles. The van der Waals surface area contributed by atoms with Crippen molar-refractivity contribution in [3.8, 4) is 11.2 Å². The molecule has 1 amide bonds. The second kappa shape index (κ2) is 10.7. The zero-order valence-corrected chi connectivity index (χ0v) is 24.7. The third-order valence-corrected chi connectivity index (χ3v) is 10.1. The van der Waals surface area contributed by atoms with E-state index in [2.05, 4.69) is 24.9 Å². The van der Waals surface area contributed by atoms with Crippen molar-refractivity contribution in [1.29, 1.82) is 5.26 Å². The molecule has 1 unspecified atom stereocenters. The highest BCUT2D eigenvalue weighted by Crippen LogP contribution is 2.40. The Labute approximate surface area is 248 Å². The molecule has 3 aromatic heterocycles. The van der Waals surface area contributed by atoms with Crippen LogP contribution in [0.2, 0.25) is 0 Å². The molecule has 1 saturated carbocycles. The monoisotopic (exact) mass is 631 g/mol. The summed E-state index contributed by atoms with van der Waals surface area (Å²) in [6.07, 6.45) is -0.748. The fourth-order valence-electron chi connectivity index (χ4n) is 5.31. The van der Waals surface area contributed by atoms with Crippen LogP contribution >= 0.6 is 11.3 Å². The van der Waals surface area contributed by atoms with Gasteiger partial charge >= 0.3 is 0 Å². The number of rotatable bonds is 8. The third-order valence-electron chi connectivity index (χ3n) is 7.68. The van der Waals surface area contributed by atoms with Crippen molar-refractivity contribution in [3.05, 3.63) is 29.5 Å². The molecule has 226 valence electrons. The lowest BCUT2D eigenvalue weighted by atomic mass is 10.1. The Morgan fingerprint density at radius 3 is 2.65 bits per heavy atom. The van der Waals surface area contributed by atoms with Gasteiger partial charge in [0.1, 0.15) is 17.7 Å². The fraction of sp³-hybridized carbons (Fsp3) is 0.462. The van der Waals surface area contributed by atoms with Gasteiger partial charge < -0.3 is 14.9 Å². The topological polar surface area (TPSA) is 170 Å². The fourth-order valence-corrected chi connectivity index (χ4v) is 7.42. The number of nitrogens with one attached hydrogen (secondary N) is 1. The lowest BCUT2D eigenvalue weighted by molar-refractivity contribution is -0.138. The predicted molar refractivity (Wildman–Crippen MR) is 152 cm³/mol. The summed E-state index contributed by atoms with van der Waals surface area (Å²) < 4.78 is 57.5. The van der Waals surface area contributed by atoms with Crippen LogP contribution in [0.3, 0.4) is 0 Å². The van der Waals surface area contributed by atoms with Gasteiger partial charge in [0.2, 0.25) is 21.1 Å². The smallest absolute Gasteiger partial charge is 0.291 e. The second-order valence-corrected chi connectivity index (χ2v) is 13.6. The number of benzene rings is 1. The summed E-state index contributed by atoms with van der Waals surface area (Å²) in [5.41, 5.74) is -0.547. The number of amides is 1. The number of nitrogens with zero attached hydrogens (tertiary/aromatic N) is 8. The number of anilines is 1. The van der Waals surface area contributed by atoms with Gasteiger partial charge in [0, 0.05) is 30.9 Å². The molecular formula is C26H27F2N9O4S2. The van der Waals surface area contributed by atoms with Gasteiger partial charge in [-0.3, -0.25) is 9.36 Å². The minimum absolute atomic E-state index is 0.0544. The van der Waals surface area contributed by atoms with E-state index in [1.807, 2.05) is 11.0 Å². The van der Waals surface area contributed by atoms with Gasteiger partial charge in [0.15, 0.2) is 10.7 Å². The number of aromatic nitrogens is 5. The number of nitriles is 1. The molecule has 4 heterocycles. The molecule has 1 aromatic carbocycles. The average molecular weight is 632 g/mol. The Kier molecular flexibility index (Phi) is 7.27. The quantitative estimate of drug-likeness (QED) is 0.294. The van der Waals surface area contributed by atoms with Gasteiger partial charge in [-0.15, -0.1) is 10.2 Å². The van der Waals surface area contributed by atoms with E-state index < -0.39 is 33.0 Å². The number of hydrogen-bond donors (Lipinski definition) is 2. The van der Waals surface area contributed by atoms with Crippen LogP contribution in [-0.4, -0.2) is 86.9 Å². The average Bonchev–Trinajstić information content (AvgIpc) is 3.43. The van der Waals surface area contributed by atoms with Crippen molar-refractivity contribution in [2.75, 3.05) is 31.1 Å². The zero-order valence-electron chi connectivity index (χ0n) is 23.1. The Balaban J connectivity index is 1.51. The number of alkyl halides is 2. The number of carbonyl (C=O) groups is 1. The van der Waals surface area contributed by atoms with Gasteiger partial charge in [-0.05, 0) is 25.0 Å². The van der Waals surface area contributed by atoms with Crippen LogP contribution in [0.4, 0.5) is 14.6 Å². The van der Waals surface area contributed by atoms with E-state index in [0.717, 1.165) is 0 Å². The Morgan fingerprint density at radius 1 is 1.26 bits per heavy atom. The molecule has 0 spiro atoms. The van der Waals surface area contributed by atoms with Crippen LogP contribution in [-0.2, 0) is 14.8 Å². The van der Waals surface area contributed by atoms with Crippen LogP contribution in [0.5, 0.6) is 0 Å². The van der Waals surface area contributed by atoms with Crippen LogP contribution in [0.15, 0.2) is 29.4 Å². The van der Waals surface area contributed by atoms with E-state index in [9.17, 15) is 32.4 Å². The third kappa shape index (κ3) is 5.07. The number of carbonyl (C=O) groups excluding carboxylic acids is 1. The first-order valence-electron chi connectivity index (χ1n) is 13.5. The summed E-state index contributed by atoms with van der Waals surface area (Å²) in [6.45, 7) is 4.35. The first kappa shape index (κ1) is 29.2. The maximum Gasteiger partial charge on any atom is 0.291 e. The molecule has 43 heavy (non-hydrogen) atoms. The minimum atomic E-state index is -4.12. The summed E-state index contributed by atoms with van der Waals surface area (Å²) >= 11 is 0.648. The van der Waals surface area contributed by atoms with Crippen molar-refractivity contribution < 1.29 is 27.1 Å². The molecule has 17 heteroatoms. The van der Waals surface area contributed by atoms with Gasteiger partial charge in [-0.2, -0.15) is 9.98 Å². The highest BCUT2D eigenvalue weighted by molar-refractivity contribution is 7.89. The van der Waals surface area contributed by atoms with E-state index in [0.29, 0.717) is 59.4 Å². The number of aliphatic hydroxyl groups is 1. The normalized spacial score (nSPS) is 18.6. The molecule has 0 radical (unpaired) electrons. The van der Waals surface area contributed by atoms with Gasteiger partial charge in [0.25, 0.3) is 6.43 Å². The molecule has 0 bridgehead atoms. The highest BCUT2D eigenvalue weighted by atomic mass is 32.2. The molecule has 13 nitrogen and oxygen atoms in total. The molecule has 2 aliphatic rings. The van der Waals surface area contributed by atoms with E-state index in [4.69, 9.17) is 0 Å². The van der Waals surface area contributed by atoms with Crippen LogP contribution in [0.25, 0.3) is 27.1 Å². The van der Waals surface area contributed by atoms with E-state index in [1.165, 1.54) is 23.0 Å². The van der Waals surface area contributed by atoms with Crippen LogP contribution < -0.4 is 9.62 Å². The molecule has 6 rings (SSSR count). The van der Waals surface area contributed by atoms with Crippen LogP contribution in [0.1, 0.15) is 38.1 Å². The van der Waals surface area contributed by atoms with E-state index in [-0.39, 0.29) is 40.7 Å². The summed E-state index contributed by atoms with van der Waals surface area (Å²) in [5, 5.41) is 27.7. The number of aliphatic hydroxyl groups excluding tert-OH is 1. The molecule has 2 N–H and O–H groups in total. The van der Waals surface area contributed by atoms with Crippen molar-refractivity contribution in [1.82, 2.24) is 34.4 Å². The summed E-state index contributed by atoms with van der Waals surface area (Å²) in [4.78, 5) is 25.2. The SMILES string of the molecule is CC(C)C(=O)N1CCN(c2ncnc3c2c2ccc(S(=O)(=O)NC4(C#N)CC4)cc2n3-c2nnc(C(F)F)s2)CC1CO. The molecule has 4 aromatic rings. The largest absolute Gasteiger partial charge is 0.394 e. The van der Waals surface area contributed by atoms with Gasteiger partial charge in [0.05, 0.1) is 34.5 Å². The lowest BCUT2D eigenvalue weighted by Crippen LogP contribution is -2.57. The van der Waals surface area contributed by atoms with Gasteiger partial charge in [-0.1, -0.05) is 31.3 Å². The number of hydrogen-bond acceptors (Lipinski definition) is 11. The van der Waals surface area contributed by atoms with Crippen molar-refractivity contribution >= 4 is 55.0 Å². The van der Waals surface area contributed by atoms with E-state index >= 15 is 0 Å². The lowest BCUT2D eigenvalue weighted by Gasteiger charge is -2.42. The molecule has 1 saturated heterocycles. The zero-order chi connectivity index (χ0) is 30.7. The predicted octanol–water partition coefficient (Wildman–Crippen LogP) is 2.36. The summed E-state index contributed by atoms with van der Waals surface area (Å²) in [7, 11) is -4.12. The summed E-state index contributed by atoms with van der Waals surface area (Å²) in [6, 6.07) is 5.89. The standard InChI is InChI=1S/C26H27F2N9O4S2/c1-14(2)24(39)36-8-7-35(10-15(36)11-38)21-19-17-4-3-16(43(40,41)34-26(12-29)5-6-26)9-18(17)37(22(19)31-13-30-21)25-33-32-23(42-25)20(27)28/h3-4,9,13-15,20,34,38H,5-8,10-11H2,1-2H3. The maximum atomic E-state index is 13.5. The van der Waals surface area contributed by atoms with Crippen molar-refractivity contribution in [3.63, 3.8) is 0 Å². The van der Waals surface area contributed by atoms with Crippen LogP contribution in [0, 0.1) is 17.2 Å². The number of piperazine rings is 1. The number of fused-ring (bicyclic) bond motifs is 3. The first-order valence-corrected chi connectivity index (χ1v) is 15.8. The maximum absolute atomic E-state index is 13.5.